The van der Waals surface area contributed by atoms with Crippen LogP contribution in [-0.2, 0) is 40.1 Å². The number of aromatic carboxylic acids is 1. The number of aryl methyl sites for hydroxylation is 2. The zero-order valence-electron chi connectivity index (χ0n) is 34.2. The molecule has 0 amide bonds. The largest absolute Gasteiger partial charge is 0.477 e. The molecule has 18 heteroatoms. The number of carbonyl (C=O) groups is 1. The summed E-state index contributed by atoms with van der Waals surface area (Å²) in [6.45, 7) is 9.38. The van der Waals surface area contributed by atoms with Gasteiger partial charge in [-0.05, 0) is 123 Å². The molecule has 6 aromatic rings. The Labute approximate surface area is 357 Å². The molecule has 1 N–H and O–H groups in total. The summed E-state index contributed by atoms with van der Waals surface area (Å²) in [5, 5.41) is 10.7. The van der Waals surface area contributed by atoms with E-state index in [0.717, 1.165) is 29.7 Å². The maximum Gasteiger partial charge on any atom is 0.353 e. The van der Waals surface area contributed by atoms with Gasteiger partial charge in [-0.1, -0.05) is 50.2 Å². The number of carboxylic acids is 1. The van der Waals surface area contributed by atoms with Crippen molar-refractivity contribution in [3.8, 4) is 0 Å². The molecule has 8 rings (SSSR count). The van der Waals surface area contributed by atoms with Crippen LogP contribution in [0.15, 0.2) is 123 Å². The van der Waals surface area contributed by atoms with E-state index in [1.807, 2.05) is 0 Å². The summed E-state index contributed by atoms with van der Waals surface area (Å²) in [6, 6.07) is 24.5. The van der Waals surface area contributed by atoms with E-state index in [0.29, 0.717) is 54.5 Å². The first kappa shape index (κ1) is 44.2. The SMILES string of the molecule is Cc1c(C(=O)O)n(S(=O)(=O)c2ccccc2)c2ccc(S(=O)(=O)N3CCC(C)CC3)cc12.Cc1cn(S(=O)(=O)c2ccccc2)c2ccc(S(=O)(=O)N3CCC(C)CC3)cc12. The van der Waals surface area contributed by atoms with Crippen molar-refractivity contribution in [2.45, 2.75) is 73.0 Å². The molecule has 4 aromatic carbocycles. The van der Waals surface area contributed by atoms with Crippen LogP contribution in [0.2, 0.25) is 0 Å². The predicted octanol–water partition coefficient (Wildman–Crippen LogP) is 6.91. The molecule has 2 saturated heterocycles. The molecule has 0 bridgehead atoms. The van der Waals surface area contributed by atoms with E-state index >= 15 is 0 Å². The van der Waals surface area contributed by atoms with Crippen molar-refractivity contribution >= 4 is 67.9 Å². The average molecular weight is 909 g/mol. The van der Waals surface area contributed by atoms with E-state index in [-0.39, 0.29) is 36.0 Å². The Morgan fingerprint density at radius 2 is 0.967 bits per heavy atom. The molecule has 0 aliphatic carbocycles. The van der Waals surface area contributed by atoms with Gasteiger partial charge in [-0.2, -0.15) is 8.61 Å². The van der Waals surface area contributed by atoms with Crippen LogP contribution < -0.4 is 0 Å². The van der Waals surface area contributed by atoms with Gasteiger partial charge >= 0.3 is 5.97 Å². The quantitative estimate of drug-likeness (QED) is 0.160. The molecule has 0 radical (unpaired) electrons. The molecule has 14 nitrogen and oxygen atoms in total. The minimum Gasteiger partial charge on any atom is -0.477 e. The highest BCUT2D eigenvalue weighted by Gasteiger charge is 2.33. The summed E-state index contributed by atoms with van der Waals surface area (Å²) >= 11 is 0. The molecule has 2 aliphatic heterocycles. The van der Waals surface area contributed by atoms with Gasteiger partial charge in [-0.3, -0.25) is 0 Å². The fourth-order valence-corrected chi connectivity index (χ4v) is 13.9. The molecular weight excluding hydrogens is 861 g/mol. The van der Waals surface area contributed by atoms with Gasteiger partial charge in [0.1, 0.15) is 5.69 Å². The van der Waals surface area contributed by atoms with Crippen LogP contribution in [-0.4, -0.2) is 87.5 Å². The summed E-state index contributed by atoms with van der Waals surface area (Å²) in [7, 11) is -15.4. The van der Waals surface area contributed by atoms with Gasteiger partial charge in [0.25, 0.3) is 20.0 Å². The third-order valence-corrected chi connectivity index (χ3v) is 18.8. The summed E-state index contributed by atoms with van der Waals surface area (Å²) in [6.07, 6.45) is 4.80. The second kappa shape index (κ2) is 16.8. The Morgan fingerprint density at radius 1 is 0.541 bits per heavy atom. The van der Waals surface area contributed by atoms with Gasteiger partial charge in [0.2, 0.25) is 20.0 Å². The Hall–Kier alpha value is -4.85. The van der Waals surface area contributed by atoms with Gasteiger partial charge in [-0.25, -0.2) is 46.4 Å². The Morgan fingerprint density at radius 3 is 1.43 bits per heavy atom. The van der Waals surface area contributed by atoms with Crippen LogP contribution in [0.4, 0.5) is 0 Å². The number of nitrogens with zero attached hydrogens (tertiary/aromatic N) is 4. The second-order valence-electron chi connectivity index (χ2n) is 15.8. The molecule has 2 fully saturated rings. The summed E-state index contributed by atoms with van der Waals surface area (Å²) < 4.78 is 110. The summed E-state index contributed by atoms with van der Waals surface area (Å²) in [4.78, 5) is 12.4. The van der Waals surface area contributed by atoms with Gasteiger partial charge in [0.05, 0.1) is 30.6 Å². The number of aromatic nitrogens is 2. The lowest BCUT2D eigenvalue weighted by molar-refractivity contribution is 0.0688. The topological polar surface area (TPSA) is 190 Å². The fraction of sp³-hybridized carbons (Fsp3) is 0.326. The van der Waals surface area contributed by atoms with Crippen LogP contribution in [0.25, 0.3) is 21.8 Å². The molecule has 0 atom stereocenters. The van der Waals surface area contributed by atoms with Gasteiger partial charge in [0.15, 0.2) is 0 Å². The zero-order valence-corrected chi connectivity index (χ0v) is 37.4. The van der Waals surface area contributed by atoms with E-state index < -0.39 is 51.8 Å². The molecular formula is C43H48N4O10S4. The van der Waals surface area contributed by atoms with Crippen molar-refractivity contribution in [1.29, 1.82) is 0 Å². The number of hydrogen-bond acceptors (Lipinski definition) is 9. The zero-order chi connectivity index (χ0) is 44.1. The smallest absolute Gasteiger partial charge is 0.353 e. The van der Waals surface area contributed by atoms with Crippen molar-refractivity contribution < 1.29 is 43.6 Å². The van der Waals surface area contributed by atoms with Crippen molar-refractivity contribution in [3.63, 3.8) is 0 Å². The number of fused-ring (bicyclic) bond motifs is 2. The standard InChI is InChI=1S/C22H24N2O6S2.C21H24N2O4S2/c1-15-10-12-23(13-11-15)31(27,28)18-8-9-20-19(14-18)16(2)21(22(25)26)24(20)32(29,30)17-6-4-3-5-7-17;1-16-10-12-22(13-11-16)28(24,25)19-8-9-21-20(14-19)17(2)15-23(21)29(26,27)18-6-4-3-5-7-18/h3-9,14-15H,10-13H2,1-2H3,(H,25,26);3-9,14-16H,10-13H2,1-2H3. The lowest BCUT2D eigenvalue weighted by Crippen LogP contribution is -2.37. The van der Waals surface area contributed by atoms with Crippen molar-refractivity contribution in [2.24, 2.45) is 11.8 Å². The number of piperidine rings is 2. The van der Waals surface area contributed by atoms with Crippen LogP contribution in [0.3, 0.4) is 0 Å². The third kappa shape index (κ3) is 8.28. The van der Waals surface area contributed by atoms with Crippen LogP contribution in [0.1, 0.15) is 61.1 Å². The fourth-order valence-electron chi connectivity index (χ4n) is 7.90. The Bertz CT molecular complexity index is 3080. The number of hydrogen-bond donors (Lipinski definition) is 1. The monoisotopic (exact) mass is 908 g/mol. The number of sulfonamides is 2. The van der Waals surface area contributed by atoms with Crippen molar-refractivity contribution in [3.05, 3.63) is 120 Å². The third-order valence-electron chi connectivity index (χ3n) is 11.6. The first-order valence-electron chi connectivity index (χ1n) is 19.9. The van der Waals surface area contributed by atoms with Crippen LogP contribution in [0.5, 0.6) is 0 Å². The van der Waals surface area contributed by atoms with Crippen molar-refractivity contribution in [1.82, 2.24) is 16.6 Å². The Balaban J connectivity index is 0.000000185. The predicted molar refractivity (Wildman–Crippen MR) is 233 cm³/mol. The highest BCUT2D eigenvalue weighted by molar-refractivity contribution is 7.90. The van der Waals surface area contributed by atoms with E-state index in [1.165, 1.54) is 55.9 Å². The Kier molecular flexibility index (Phi) is 12.2. The average Bonchev–Trinajstić information content (AvgIpc) is 3.75. The molecule has 2 aromatic heterocycles. The minimum atomic E-state index is -4.22. The molecule has 0 spiro atoms. The molecule has 2 aliphatic rings. The first-order valence-corrected chi connectivity index (χ1v) is 25.6. The maximum absolute atomic E-state index is 13.3. The van der Waals surface area contributed by atoms with Gasteiger partial charge in [-0.15, -0.1) is 0 Å². The maximum atomic E-state index is 13.3. The first-order chi connectivity index (χ1) is 28.8. The normalized spacial score (nSPS) is 16.7. The summed E-state index contributed by atoms with van der Waals surface area (Å²) in [5.74, 6) is -0.419. The van der Waals surface area contributed by atoms with Crippen LogP contribution >= 0.6 is 0 Å². The van der Waals surface area contributed by atoms with E-state index in [1.54, 1.807) is 73.8 Å². The molecule has 0 unspecified atom stereocenters. The van der Waals surface area contributed by atoms with Crippen molar-refractivity contribution in [2.75, 3.05) is 26.2 Å². The van der Waals surface area contributed by atoms with Gasteiger partial charge in [0, 0.05) is 43.1 Å². The number of benzene rings is 4. The lowest BCUT2D eigenvalue weighted by Gasteiger charge is -2.29. The molecule has 0 saturated carbocycles. The molecule has 324 valence electrons. The minimum absolute atomic E-state index is 0.0221. The number of carboxylic acid groups (broad SMARTS) is 1. The van der Waals surface area contributed by atoms with E-state index in [9.17, 15) is 43.6 Å². The van der Waals surface area contributed by atoms with E-state index in [2.05, 4.69) is 13.8 Å². The number of rotatable bonds is 9. The molecule has 4 heterocycles. The second-order valence-corrected chi connectivity index (χ2v) is 23.3. The lowest BCUT2D eigenvalue weighted by atomic mass is 10.0. The highest BCUT2D eigenvalue weighted by Crippen LogP contribution is 2.34. The highest BCUT2D eigenvalue weighted by atomic mass is 32.2. The summed E-state index contributed by atoms with van der Waals surface area (Å²) in [5.41, 5.74) is 1.08. The van der Waals surface area contributed by atoms with Gasteiger partial charge < -0.3 is 5.11 Å². The van der Waals surface area contributed by atoms with E-state index in [4.69, 9.17) is 0 Å². The van der Waals surface area contributed by atoms with Crippen LogP contribution in [0, 0.1) is 25.7 Å². The molecule has 61 heavy (non-hydrogen) atoms.